The summed E-state index contributed by atoms with van der Waals surface area (Å²) < 4.78 is 38.9. The zero-order valence-corrected chi connectivity index (χ0v) is 7.88. The number of aromatic nitrogens is 1. The molecule has 1 heterocycles. The molecule has 0 unspecified atom stereocenters. The van der Waals surface area contributed by atoms with Crippen LogP contribution in [0.25, 0.3) is 0 Å². The van der Waals surface area contributed by atoms with Gasteiger partial charge in [0.05, 0.1) is 0 Å². The summed E-state index contributed by atoms with van der Waals surface area (Å²) in [6.45, 7) is 1.25. The van der Waals surface area contributed by atoms with Gasteiger partial charge in [0.1, 0.15) is 5.56 Å². The number of rotatable bonds is 2. The van der Waals surface area contributed by atoms with Gasteiger partial charge in [0.2, 0.25) is 5.43 Å². The van der Waals surface area contributed by atoms with Gasteiger partial charge in [0.25, 0.3) is 0 Å². The first-order valence-corrected chi connectivity index (χ1v) is 3.93. The number of nitrogens with one attached hydrogen (secondary N) is 1. The number of ether oxygens (including phenoxy) is 1. The fourth-order valence-corrected chi connectivity index (χ4v) is 1.06. The van der Waals surface area contributed by atoms with Crippen molar-refractivity contribution in [2.75, 3.05) is 0 Å². The fourth-order valence-electron chi connectivity index (χ4n) is 1.06. The molecule has 0 spiro atoms. The summed E-state index contributed by atoms with van der Waals surface area (Å²) in [7, 11) is 0. The number of aryl methyl sites for hydroxylation is 1. The molecule has 0 aromatic carbocycles. The summed E-state index contributed by atoms with van der Waals surface area (Å²) >= 11 is 0. The van der Waals surface area contributed by atoms with Crippen molar-refractivity contribution in [1.82, 2.24) is 4.98 Å². The van der Waals surface area contributed by atoms with E-state index >= 15 is 0 Å². The van der Waals surface area contributed by atoms with Crippen molar-refractivity contribution in [3.63, 3.8) is 0 Å². The zero-order valence-electron chi connectivity index (χ0n) is 7.88. The molecule has 0 atom stereocenters. The number of pyridine rings is 1. The number of carbonyl (C=O) groups is 1. The van der Waals surface area contributed by atoms with Crippen molar-refractivity contribution >= 4 is 5.97 Å². The van der Waals surface area contributed by atoms with Crippen LogP contribution in [0.4, 0.5) is 13.2 Å². The molecule has 88 valence electrons. The number of H-pyrrole nitrogens is 1. The lowest BCUT2D eigenvalue weighted by Gasteiger charge is -2.09. The predicted octanol–water partition coefficient (Wildman–Crippen LogP) is 1.28. The molecule has 0 bridgehead atoms. The Morgan fingerprint density at radius 2 is 2.06 bits per heavy atom. The second-order valence-electron chi connectivity index (χ2n) is 2.84. The van der Waals surface area contributed by atoms with E-state index < -0.39 is 29.1 Å². The highest BCUT2D eigenvalue weighted by Crippen LogP contribution is 2.19. The SMILES string of the molecule is Cc1[nH]cc(OC(F)(F)F)c(=O)c1C(=O)O. The van der Waals surface area contributed by atoms with E-state index in [-0.39, 0.29) is 5.69 Å². The Morgan fingerprint density at radius 1 is 1.50 bits per heavy atom. The topological polar surface area (TPSA) is 79.4 Å². The highest BCUT2D eigenvalue weighted by Gasteiger charge is 2.33. The van der Waals surface area contributed by atoms with E-state index in [1.807, 2.05) is 0 Å². The molecule has 0 aliphatic carbocycles. The number of aromatic amines is 1. The van der Waals surface area contributed by atoms with Crippen LogP contribution in [0.3, 0.4) is 0 Å². The summed E-state index contributed by atoms with van der Waals surface area (Å²) in [4.78, 5) is 24.1. The first-order chi connectivity index (χ1) is 7.22. The van der Waals surface area contributed by atoms with Gasteiger partial charge in [-0.3, -0.25) is 4.79 Å². The van der Waals surface area contributed by atoms with E-state index in [4.69, 9.17) is 5.11 Å². The summed E-state index contributed by atoms with van der Waals surface area (Å²) in [5.74, 6) is -2.72. The third-order valence-electron chi connectivity index (χ3n) is 1.69. The number of hydrogen-bond donors (Lipinski definition) is 2. The molecule has 1 aromatic heterocycles. The minimum absolute atomic E-state index is 0.0491. The molecular formula is C8H6F3NO4. The maximum Gasteiger partial charge on any atom is 0.573 e. The average Bonchev–Trinajstić information content (AvgIpc) is 2.07. The largest absolute Gasteiger partial charge is 0.573 e. The second kappa shape index (κ2) is 3.87. The van der Waals surface area contributed by atoms with Crippen molar-refractivity contribution in [3.8, 4) is 5.75 Å². The van der Waals surface area contributed by atoms with Crippen LogP contribution in [0.15, 0.2) is 11.0 Å². The van der Waals surface area contributed by atoms with Crippen molar-refractivity contribution < 1.29 is 27.8 Å². The molecule has 0 aliphatic heterocycles. The van der Waals surface area contributed by atoms with Crippen LogP contribution < -0.4 is 10.2 Å². The highest BCUT2D eigenvalue weighted by molar-refractivity contribution is 5.89. The Morgan fingerprint density at radius 3 is 2.50 bits per heavy atom. The molecule has 16 heavy (non-hydrogen) atoms. The zero-order chi connectivity index (χ0) is 12.5. The summed E-state index contributed by atoms with van der Waals surface area (Å²) in [6.07, 6.45) is -4.38. The van der Waals surface area contributed by atoms with Crippen LogP contribution in [0.2, 0.25) is 0 Å². The molecule has 1 aromatic rings. The maximum atomic E-state index is 11.8. The first-order valence-electron chi connectivity index (χ1n) is 3.93. The Labute approximate surface area is 86.5 Å². The molecule has 0 fully saturated rings. The smallest absolute Gasteiger partial charge is 0.477 e. The lowest BCUT2D eigenvalue weighted by Crippen LogP contribution is -2.25. The van der Waals surface area contributed by atoms with E-state index in [1.165, 1.54) is 6.92 Å². The second-order valence-corrected chi connectivity index (χ2v) is 2.84. The third kappa shape index (κ3) is 2.53. The van der Waals surface area contributed by atoms with Crippen LogP contribution in [-0.4, -0.2) is 22.4 Å². The van der Waals surface area contributed by atoms with Gasteiger partial charge in [-0.15, -0.1) is 13.2 Å². The number of halogens is 3. The molecule has 0 radical (unpaired) electrons. The molecular weight excluding hydrogens is 231 g/mol. The summed E-state index contributed by atoms with van der Waals surface area (Å²) in [5.41, 5.74) is -2.14. The monoisotopic (exact) mass is 237 g/mol. The van der Waals surface area contributed by atoms with Crippen molar-refractivity contribution in [1.29, 1.82) is 0 Å². The minimum atomic E-state index is -5.04. The molecule has 1 rings (SSSR count). The van der Waals surface area contributed by atoms with Gasteiger partial charge in [-0.05, 0) is 6.92 Å². The van der Waals surface area contributed by atoms with Gasteiger partial charge in [0, 0.05) is 11.9 Å². The van der Waals surface area contributed by atoms with Gasteiger partial charge in [-0.25, -0.2) is 4.79 Å². The average molecular weight is 237 g/mol. The summed E-state index contributed by atoms with van der Waals surface area (Å²) in [6, 6.07) is 0. The summed E-state index contributed by atoms with van der Waals surface area (Å²) in [5, 5.41) is 8.61. The van der Waals surface area contributed by atoms with E-state index in [1.54, 1.807) is 0 Å². The number of carboxylic acid groups (broad SMARTS) is 1. The molecule has 0 saturated heterocycles. The number of hydrogen-bond acceptors (Lipinski definition) is 3. The van der Waals surface area contributed by atoms with Crippen LogP contribution in [0.5, 0.6) is 5.75 Å². The van der Waals surface area contributed by atoms with E-state index in [9.17, 15) is 22.8 Å². The number of carboxylic acids is 1. The third-order valence-corrected chi connectivity index (χ3v) is 1.69. The molecule has 0 aliphatic rings. The van der Waals surface area contributed by atoms with E-state index in [0.717, 1.165) is 0 Å². The Hall–Kier alpha value is -1.99. The maximum absolute atomic E-state index is 11.8. The predicted molar refractivity (Wildman–Crippen MR) is 45.4 cm³/mol. The van der Waals surface area contributed by atoms with Crippen LogP contribution in [-0.2, 0) is 0 Å². The van der Waals surface area contributed by atoms with Crippen molar-refractivity contribution in [2.45, 2.75) is 13.3 Å². The van der Waals surface area contributed by atoms with Gasteiger partial charge in [-0.2, -0.15) is 0 Å². The molecule has 0 saturated carbocycles. The van der Waals surface area contributed by atoms with Crippen LogP contribution >= 0.6 is 0 Å². The number of alkyl halides is 3. The lowest BCUT2D eigenvalue weighted by atomic mass is 10.2. The first kappa shape index (κ1) is 12.1. The number of aromatic carboxylic acids is 1. The minimum Gasteiger partial charge on any atom is -0.477 e. The standard InChI is InChI=1S/C8H6F3NO4/c1-3-5(7(14)15)6(13)4(2-12-3)16-8(9,10)11/h2H,1H3,(H,12,13)(H,14,15). The van der Waals surface area contributed by atoms with Gasteiger partial charge < -0.3 is 14.8 Å². The van der Waals surface area contributed by atoms with Gasteiger partial charge >= 0.3 is 12.3 Å². The van der Waals surface area contributed by atoms with E-state index in [2.05, 4.69) is 9.72 Å². The molecule has 2 N–H and O–H groups in total. The van der Waals surface area contributed by atoms with Crippen LogP contribution in [0, 0.1) is 6.92 Å². The van der Waals surface area contributed by atoms with Gasteiger partial charge in [-0.1, -0.05) is 0 Å². The Balaban J connectivity index is 3.30. The van der Waals surface area contributed by atoms with E-state index in [0.29, 0.717) is 6.20 Å². The van der Waals surface area contributed by atoms with Crippen molar-refractivity contribution in [3.05, 3.63) is 27.7 Å². The fraction of sp³-hybridized carbons (Fsp3) is 0.250. The van der Waals surface area contributed by atoms with Crippen LogP contribution in [0.1, 0.15) is 16.1 Å². The lowest BCUT2D eigenvalue weighted by molar-refractivity contribution is -0.275. The van der Waals surface area contributed by atoms with Crippen molar-refractivity contribution in [2.24, 2.45) is 0 Å². The Bertz CT molecular complexity index is 477. The molecule has 0 amide bonds. The quantitative estimate of drug-likeness (QED) is 0.811. The van der Waals surface area contributed by atoms with Gasteiger partial charge in [0.15, 0.2) is 5.75 Å². The molecule has 8 heteroatoms. The highest BCUT2D eigenvalue weighted by atomic mass is 19.4. The Kier molecular flexibility index (Phi) is 2.92. The molecule has 5 nitrogen and oxygen atoms in total. The normalized spacial score (nSPS) is 11.2.